The van der Waals surface area contributed by atoms with Gasteiger partial charge >= 0.3 is 0 Å². The number of anilines is 1. The minimum atomic E-state index is -3.62. The zero-order chi connectivity index (χ0) is 15.9. The predicted molar refractivity (Wildman–Crippen MR) is 84.1 cm³/mol. The van der Waals surface area contributed by atoms with Crippen molar-refractivity contribution in [3.63, 3.8) is 0 Å². The van der Waals surface area contributed by atoms with Gasteiger partial charge in [-0.25, -0.2) is 23.1 Å². The van der Waals surface area contributed by atoms with Gasteiger partial charge in [0.15, 0.2) is 0 Å². The predicted octanol–water partition coefficient (Wildman–Crippen LogP) is 0.734. The molecule has 2 N–H and O–H groups in total. The fourth-order valence-corrected chi connectivity index (χ4v) is 2.81. The van der Waals surface area contributed by atoms with E-state index < -0.39 is 20.8 Å². The van der Waals surface area contributed by atoms with Gasteiger partial charge in [-0.3, -0.25) is 4.21 Å². The zero-order valence-electron chi connectivity index (χ0n) is 12.5. The van der Waals surface area contributed by atoms with Gasteiger partial charge in [0.25, 0.3) is 0 Å². The summed E-state index contributed by atoms with van der Waals surface area (Å²) in [6.07, 6.45) is 5.60. The third kappa shape index (κ3) is 6.06. The molecule has 0 amide bonds. The Morgan fingerprint density at radius 3 is 2.43 bits per heavy atom. The number of sulfonamides is 1. The molecule has 0 spiro atoms. The van der Waals surface area contributed by atoms with Gasteiger partial charge in [0.05, 0.1) is 12.4 Å². The van der Waals surface area contributed by atoms with E-state index in [2.05, 4.69) is 20.0 Å². The molecule has 1 aromatic heterocycles. The monoisotopic (exact) mass is 334 g/mol. The Kier molecular flexibility index (Phi) is 7.20. The lowest BCUT2D eigenvalue weighted by molar-refractivity contribution is 0.577. The molecular weight excluding hydrogens is 312 g/mol. The van der Waals surface area contributed by atoms with Crippen LogP contribution in [0.2, 0.25) is 0 Å². The molecule has 0 aliphatic carbocycles. The Morgan fingerprint density at radius 1 is 1.29 bits per heavy atom. The van der Waals surface area contributed by atoms with E-state index in [1.54, 1.807) is 6.26 Å². The van der Waals surface area contributed by atoms with Crippen LogP contribution in [0.5, 0.6) is 0 Å². The highest BCUT2D eigenvalue weighted by Gasteiger charge is 2.16. The van der Waals surface area contributed by atoms with Crippen molar-refractivity contribution >= 4 is 26.8 Å². The SMILES string of the molecule is CCCNc1ncc(S(=O)(=O)NCCC(C)S(C)=O)cn1. The molecule has 0 aromatic carbocycles. The molecule has 1 aromatic rings. The van der Waals surface area contributed by atoms with E-state index in [0.717, 1.165) is 13.0 Å². The molecule has 1 rings (SSSR count). The van der Waals surface area contributed by atoms with Crippen molar-refractivity contribution in [3.8, 4) is 0 Å². The topological polar surface area (TPSA) is 101 Å². The number of aromatic nitrogens is 2. The maximum absolute atomic E-state index is 12.0. The highest BCUT2D eigenvalue weighted by Crippen LogP contribution is 2.08. The second-order valence-electron chi connectivity index (χ2n) is 4.66. The van der Waals surface area contributed by atoms with Crippen LogP contribution < -0.4 is 10.0 Å². The van der Waals surface area contributed by atoms with Crippen LogP contribution in [-0.2, 0) is 20.8 Å². The minimum Gasteiger partial charge on any atom is -0.354 e. The standard InChI is InChI=1S/C12H22N4O3S2/c1-4-6-13-12-14-8-11(9-15-12)21(18,19)16-7-5-10(2)20(3)17/h8-10,16H,4-7H2,1-3H3,(H,13,14,15). The van der Waals surface area contributed by atoms with E-state index in [0.29, 0.717) is 12.4 Å². The van der Waals surface area contributed by atoms with E-state index in [1.807, 2.05) is 13.8 Å². The molecule has 120 valence electrons. The first-order valence-corrected chi connectivity index (χ1v) is 9.85. The Hall–Kier alpha value is -1.06. The van der Waals surface area contributed by atoms with Crippen molar-refractivity contribution in [3.05, 3.63) is 12.4 Å². The average molecular weight is 334 g/mol. The Labute approximate surface area is 128 Å². The smallest absolute Gasteiger partial charge is 0.243 e. The maximum Gasteiger partial charge on any atom is 0.243 e. The molecule has 9 heteroatoms. The van der Waals surface area contributed by atoms with Gasteiger partial charge in [0.2, 0.25) is 16.0 Å². The van der Waals surface area contributed by atoms with Gasteiger partial charge in [-0.05, 0) is 12.8 Å². The molecular formula is C12H22N4O3S2. The van der Waals surface area contributed by atoms with Crippen LogP contribution in [0, 0.1) is 0 Å². The van der Waals surface area contributed by atoms with E-state index >= 15 is 0 Å². The van der Waals surface area contributed by atoms with Crippen LogP contribution in [0.15, 0.2) is 17.3 Å². The van der Waals surface area contributed by atoms with Crippen molar-refractivity contribution in [1.29, 1.82) is 0 Å². The van der Waals surface area contributed by atoms with E-state index in [-0.39, 0.29) is 16.7 Å². The molecule has 7 nitrogen and oxygen atoms in total. The summed E-state index contributed by atoms with van der Waals surface area (Å²) in [4.78, 5) is 7.95. The second kappa shape index (κ2) is 8.40. The highest BCUT2D eigenvalue weighted by atomic mass is 32.2. The lowest BCUT2D eigenvalue weighted by Gasteiger charge is -2.10. The van der Waals surface area contributed by atoms with Gasteiger partial charge in [0.1, 0.15) is 4.90 Å². The summed E-state index contributed by atoms with van der Waals surface area (Å²) >= 11 is 0. The summed E-state index contributed by atoms with van der Waals surface area (Å²) in [5.41, 5.74) is 0. The Balaban J connectivity index is 2.59. The molecule has 2 atom stereocenters. The number of nitrogens with zero attached hydrogens (tertiary/aromatic N) is 2. The first kappa shape index (κ1) is 18.0. The Bertz CT molecular complexity index is 560. The number of hydrogen-bond acceptors (Lipinski definition) is 6. The third-order valence-electron chi connectivity index (χ3n) is 2.88. The van der Waals surface area contributed by atoms with Gasteiger partial charge in [-0.15, -0.1) is 0 Å². The van der Waals surface area contributed by atoms with Crippen LogP contribution >= 0.6 is 0 Å². The van der Waals surface area contributed by atoms with Crippen LogP contribution in [0.25, 0.3) is 0 Å². The van der Waals surface area contributed by atoms with Crippen LogP contribution in [-0.4, -0.2) is 47.2 Å². The lowest BCUT2D eigenvalue weighted by Crippen LogP contribution is -2.28. The zero-order valence-corrected chi connectivity index (χ0v) is 14.1. The van der Waals surface area contributed by atoms with Gasteiger partial charge < -0.3 is 5.32 Å². The average Bonchev–Trinajstić information content (AvgIpc) is 2.45. The molecule has 0 fully saturated rings. The molecule has 0 bridgehead atoms. The number of rotatable bonds is 9. The second-order valence-corrected chi connectivity index (χ2v) is 8.23. The molecule has 0 saturated heterocycles. The highest BCUT2D eigenvalue weighted by molar-refractivity contribution is 7.89. The number of hydrogen-bond donors (Lipinski definition) is 2. The van der Waals surface area contributed by atoms with Crippen LogP contribution in [0.4, 0.5) is 5.95 Å². The van der Waals surface area contributed by atoms with E-state index in [1.165, 1.54) is 12.4 Å². The summed E-state index contributed by atoms with van der Waals surface area (Å²) < 4.78 is 37.7. The molecule has 0 saturated carbocycles. The summed E-state index contributed by atoms with van der Waals surface area (Å²) in [6.45, 7) is 4.80. The maximum atomic E-state index is 12.0. The lowest BCUT2D eigenvalue weighted by atomic mass is 10.3. The third-order valence-corrected chi connectivity index (χ3v) is 5.67. The first-order valence-electron chi connectivity index (χ1n) is 6.74. The summed E-state index contributed by atoms with van der Waals surface area (Å²) in [6, 6.07) is 0. The quantitative estimate of drug-likeness (QED) is 0.690. The fourth-order valence-electron chi connectivity index (χ4n) is 1.43. The largest absolute Gasteiger partial charge is 0.354 e. The van der Waals surface area contributed by atoms with Crippen molar-refractivity contribution in [2.45, 2.75) is 36.8 Å². The number of nitrogens with one attached hydrogen (secondary N) is 2. The van der Waals surface area contributed by atoms with Crippen molar-refractivity contribution < 1.29 is 12.6 Å². The van der Waals surface area contributed by atoms with E-state index in [4.69, 9.17) is 0 Å². The first-order chi connectivity index (χ1) is 9.86. The van der Waals surface area contributed by atoms with Gasteiger partial charge in [-0.2, -0.15) is 0 Å². The molecule has 21 heavy (non-hydrogen) atoms. The van der Waals surface area contributed by atoms with Gasteiger partial charge in [-0.1, -0.05) is 13.8 Å². The Morgan fingerprint density at radius 2 is 1.90 bits per heavy atom. The van der Waals surface area contributed by atoms with Crippen molar-refractivity contribution in [2.24, 2.45) is 0 Å². The van der Waals surface area contributed by atoms with E-state index in [9.17, 15) is 12.6 Å². The fraction of sp³-hybridized carbons (Fsp3) is 0.667. The van der Waals surface area contributed by atoms with Crippen LogP contribution in [0.1, 0.15) is 26.7 Å². The molecule has 1 heterocycles. The van der Waals surface area contributed by atoms with Crippen molar-refractivity contribution in [1.82, 2.24) is 14.7 Å². The summed E-state index contributed by atoms with van der Waals surface area (Å²) in [5.74, 6) is 0.408. The van der Waals surface area contributed by atoms with Gasteiger partial charge in [0, 0.05) is 35.4 Å². The summed E-state index contributed by atoms with van der Waals surface area (Å²) in [7, 11) is -4.58. The van der Waals surface area contributed by atoms with Crippen molar-refractivity contribution in [2.75, 3.05) is 24.7 Å². The molecule has 0 aliphatic heterocycles. The molecule has 0 radical (unpaired) electrons. The minimum absolute atomic E-state index is 0.0230. The molecule has 0 aliphatic rings. The normalized spacial score (nSPS) is 14.6. The molecule has 2 unspecified atom stereocenters. The van der Waals surface area contributed by atoms with Crippen LogP contribution in [0.3, 0.4) is 0 Å². The summed E-state index contributed by atoms with van der Waals surface area (Å²) in [5, 5.41) is 2.92.